The third kappa shape index (κ3) is 4.69. The number of carbonyl (C=O) groups excluding carboxylic acids is 2. The van der Waals surface area contributed by atoms with E-state index in [0.29, 0.717) is 42.6 Å². The van der Waals surface area contributed by atoms with Gasteiger partial charge in [0.05, 0.1) is 26.2 Å². The number of hydrogen-bond acceptors (Lipinski definition) is 6. The fraction of sp³-hybridized carbons (Fsp3) is 0.500. The fourth-order valence-electron chi connectivity index (χ4n) is 4.18. The average Bonchev–Trinajstić information content (AvgIpc) is 3.45. The molecule has 2 heterocycles. The van der Waals surface area contributed by atoms with Crippen LogP contribution < -0.4 is 14.8 Å². The number of aryl methyl sites for hydroxylation is 2. The minimum atomic E-state index is -0.0925. The van der Waals surface area contributed by atoms with Crippen molar-refractivity contribution in [3.8, 4) is 11.5 Å². The molecule has 1 N–H and O–H groups in total. The SMILES string of the molecule is COc1ccc(OC)c(C(=O)N2CC[C@H](c3nc(C)c(CC(=O)NC4CC4)c(C)n3)C2)c1. The summed E-state index contributed by atoms with van der Waals surface area (Å²) in [5.41, 5.74) is 3.03. The molecular weight excluding hydrogens is 408 g/mol. The van der Waals surface area contributed by atoms with Gasteiger partial charge in [-0.3, -0.25) is 9.59 Å². The lowest BCUT2D eigenvalue weighted by Gasteiger charge is -2.19. The third-order valence-electron chi connectivity index (χ3n) is 6.20. The number of aromatic nitrogens is 2. The summed E-state index contributed by atoms with van der Waals surface area (Å²) in [5, 5.41) is 3.02. The van der Waals surface area contributed by atoms with E-state index in [4.69, 9.17) is 19.4 Å². The van der Waals surface area contributed by atoms with Gasteiger partial charge in [-0.1, -0.05) is 0 Å². The molecule has 1 aliphatic heterocycles. The van der Waals surface area contributed by atoms with Crippen molar-refractivity contribution in [1.82, 2.24) is 20.2 Å². The highest BCUT2D eigenvalue weighted by Gasteiger charge is 2.32. The largest absolute Gasteiger partial charge is 0.497 e. The molecule has 8 nitrogen and oxygen atoms in total. The number of nitrogens with zero attached hydrogens (tertiary/aromatic N) is 3. The maximum Gasteiger partial charge on any atom is 0.257 e. The molecule has 1 aromatic heterocycles. The van der Waals surface area contributed by atoms with Crippen LogP contribution in [0, 0.1) is 13.8 Å². The van der Waals surface area contributed by atoms with Crippen LogP contribution in [0.4, 0.5) is 0 Å². The number of methoxy groups -OCH3 is 2. The second kappa shape index (κ2) is 9.14. The topological polar surface area (TPSA) is 93.7 Å². The van der Waals surface area contributed by atoms with Crippen LogP contribution in [0.5, 0.6) is 11.5 Å². The average molecular weight is 439 g/mol. The van der Waals surface area contributed by atoms with Gasteiger partial charge in [-0.05, 0) is 51.3 Å². The molecule has 2 fully saturated rings. The number of ether oxygens (including phenoxy) is 2. The van der Waals surface area contributed by atoms with Crippen molar-refractivity contribution in [2.45, 2.75) is 51.5 Å². The minimum Gasteiger partial charge on any atom is -0.497 e. The molecule has 4 rings (SSSR count). The number of amides is 2. The maximum absolute atomic E-state index is 13.2. The van der Waals surface area contributed by atoms with Crippen LogP contribution in [-0.2, 0) is 11.2 Å². The van der Waals surface area contributed by atoms with Crippen molar-refractivity contribution in [2.24, 2.45) is 0 Å². The zero-order chi connectivity index (χ0) is 22.8. The summed E-state index contributed by atoms with van der Waals surface area (Å²) < 4.78 is 10.7. The van der Waals surface area contributed by atoms with Gasteiger partial charge in [0.25, 0.3) is 5.91 Å². The molecule has 1 aromatic carbocycles. The zero-order valence-corrected chi connectivity index (χ0v) is 19.1. The normalized spacial score (nSPS) is 17.9. The van der Waals surface area contributed by atoms with Crippen LogP contribution in [0.3, 0.4) is 0 Å². The fourth-order valence-corrected chi connectivity index (χ4v) is 4.18. The Balaban J connectivity index is 1.47. The first-order chi connectivity index (χ1) is 15.4. The number of nitrogens with one attached hydrogen (secondary N) is 1. The second-order valence-electron chi connectivity index (χ2n) is 8.55. The Morgan fingerprint density at radius 2 is 1.81 bits per heavy atom. The van der Waals surface area contributed by atoms with Crippen LogP contribution in [0.25, 0.3) is 0 Å². The van der Waals surface area contributed by atoms with E-state index in [1.54, 1.807) is 32.4 Å². The minimum absolute atomic E-state index is 0.0277. The van der Waals surface area contributed by atoms with Crippen molar-refractivity contribution in [2.75, 3.05) is 27.3 Å². The standard InChI is InChI=1S/C24H30N4O4/c1-14-19(12-22(29)27-17-5-6-17)15(2)26-23(25-14)16-9-10-28(13-16)24(30)20-11-18(31-3)7-8-21(20)32-4/h7-8,11,16-17H,5-6,9-10,12-13H2,1-4H3,(H,27,29)/t16-/m0/s1. The van der Waals surface area contributed by atoms with Crippen LogP contribution in [-0.4, -0.2) is 60.0 Å². The summed E-state index contributed by atoms with van der Waals surface area (Å²) in [6.45, 7) is 5.02. The van der Waals surface area contributed by atoms with Gasteiger partial charge < -0.3 is 19.7 Å². The van der Waals surface area contributed by atoms with Gasteiger partial charge in [0.2, 0.25) is 5.91 Å². The summed E-state index contributed by atoms with van der Waals surface area (Å²) in [4.78, 5) is 36.7. The molecule has 1 saturated carbocycles. The molecule has 2 aliphatic rings. The monoisotopic (exact) mass is 438 g/mol. The van der Waals surface area contributed by atoms with E-state index in [0.717, 1.165) is 42.0 Å². The van der Waals surface area contributed by atoms with Crippen LogP contribution >= 0.6 is 0 Å². The molecule has 1 aliphatic carbocycles. The van der Waals surface area contributed by atoms with Crippen molar-refractivity contribution in [3.05, 3.63) is 46.5 Å². The molecule has 8 heteroatoms. The Hall–Kier alpha value is -3.16. The quantitative estimate of drug-likeness (QED) is 0.714. The van der Waals surface area contributed by atoms with Crippen molar-refractivity contribution >= 4 is 11.8 Å². The summed E-state index contributed by atoms with van der Waals surface area (Å²) in [6, 6.07) is 5.57. The first-order valence-electron chi connectivity index (χ1n) is 11.0. The van der Waals surface area contributed by atoms with Crippen molar-refractivity contribution in [3.63, 3.8) is 0 Å². The van der Waals surface area contributed by atoms with E-state index in [-0.39, 0.29) is 17.7 Å². The highest BCUT2D eigenvalue weighted by atomic mass is 16.5. The Kier molecular flexibility index (Phi) is 6.30. The van der Waals surface area contributed by atoms with E-state index in [1.807, 2.05) is 18.7 Å². The van der Waals surface area contributed by atoms with Gasteiger partial charge in [-0.25, -0.2) is 9.97 Å². The summed E-state index contributed by atoms with van der Waals surface area (Å²) in [5.74, 6) is 1.86. The molecule has 0 spiro atoms. The van der Waals surface area contributed by atoms with Crippen LogP contribution in [0.1, 0.15) is 58.3 Å². The summed E-state index contributed by atoms with van der Waals surface area (Å²) in [6.07, 6.45) is 3.23. The lowest BCUT2D eigenvalue weighted by molar-refractivity contribution is -0.120. The van der Waals surface area contributed by atoms with Crippen molar-refractivity contribution in [1.29, 1.82) is 0 Å². The zero-order valence-electron chi connectivity index (χ0n) is 19.1. The second-order valence-corrected chi connectivity index (χ2v) is 8.55. The third-order valence-corrected chi connectivity index (χ3v) is 6.20. The van der Waals surface area contributed by atoms with Gasteiger partial charge in [0.15, 0.2) is 0 Å². The van der Waals surface area contributed by atoms with E-state index >= 15 is 0 Å². The molecule has 1 saturated heterocycles. The van der Waals surface area contributed by atoms with E-state index in [2.05, 4.69) is 5.32 Å². The lowest BCUT2D eigenvalue weighted by Crippen LogP contribution is -2.29. The van der Waals surface area contributed by atoms with Gasteiger partial charge in [-0.2, -0.15) is 0 Å². The van der Waals surface area contributed by atoms with Gasteiger partial charge in [0.1, 0.15) is 17.3 Å². The molecule has 0 unspecified atom stereocenters. The molecule has 2 aromatic rings. The lowest BCUT2D eigenvalue weighted by atomic mass is 10.0. The first kappa shape index (κ1) is 22.0. The number of likely N-dealkylation sites (tertiary alicyclic amines) is 1. The highest BCUT2D eigenvalue weighted by molar-refractivity contribution is 5.97. The Morgan fingerprint density at radius 3 is 2.44 bits per heavy atom. The van der Waals surface area contributed by atoms with Gasteiger partial charge in [0, 0.05) is 42.0 Å². The molecular formula is C24H30N4O4. The summed E-state index contributed by atoms with van der Waals surface area (Å²) >= 11 is 0. The van der Waals surface area contributed by atoms with Gasteiger partial charge in [-0.15, -0.1) is 0 Å². The smallest absolute Gasteiger partial charge is 0.257 e. The number of carbonyl (C=O) groups is 2. The maximum atomic E-state index is 13.2. The predicted molar refractivity (Wildman–Crippen MR) is 119 cm³/mol. The number of benzene rings is 1. The predicted octanol–water partition coefficient (Wildman–Crippen LogP) is 2.56. The highest BCUT2D eigenvalue weighted by Crippen LogP contribution is 2.31. The molecule has 2 amide bonds. The number of hydrogen-bond donors (Lipinski definition) is 1. The Morgan fingerprint density at radius 1 is 1.09 bits per heavy atom. The van der Waals surface area contributed by atoms with E-state index in [1.165, 1.54) is 0 Å². The van der Waals surface area contributed by atoms with Crippen LogP contribution in [0.15, 0.2) is 18.2 Å². The summed E-state index contributed by atoms with van der Waals surface area (Å²) in [7, 11) is 3.13. The van der Waals surface area contributed by atoms with Crippen molar-refractivity contribution < 1.29 is 19.1 Å². The number of rotatable bonds is 7. The van der Waals surface area contributed by atoms with E-state index in [9.17, 15) is 9.59 Å². The molecule has 170 valence electrons. The molecule has 0 radical (unpaired) electrons. The Bertz CT molecular complexity index is 1010. The Labute approximate surface area is 188 Å². The first-order valence-corrected chi connectivity index (χ1v) is 11.0. The molecule has 0 bridgehead atoms. The van der Waals surface area contributed by atoms with Gasteiger partial charge >= 0.3 is 0 Å². The van der Waals surface area contributed by atoms with E-state index < -0.39 is 0 Å². The van der Waals surface area contributed by atoms with Crippen LogP contribution in [0.2, 0.25) is 0 Å². The molecule has 32 heavy (non-hydrogen) atoms. The molecule has 1 atom stereocenters.